The van der Waals surface area contributed by atoms with Crippen LogP contribution in [-0.2, 0) is 6.54 Å². The topological polar surface area (TPSA) is 41.3 Å². The number of nitrogens with one attached hydrogen (secondary N) is 1. The fourth-order valence-electron chi connectivity index (χ4n) is 2.13. The van der Waals surface area contributed by atoms with Crippen LogP contribution in [0.4, 0.5) is 0 Å². The molecule has 1 unspecified atom stereocenters. The standard InChI is InChI=1S/C11H19N3O/c1-2-3-10-8-14(6-5-12-10)9-11-4-7-15-13-11/h4,7,10,12H,2-3,5-6,8-9H2,1H3. The first kappa shape index (κ1) is 10.6. The lowest BCUT2D eigenvalue weighted by Gasteiger charge is -2.33. The Morgan fingerprint density at radius 3 is 3.33 bits per heavy atom. The molecule has 1 aromatic heterocycles. The van der Waals surface area contributed by atoms with E-state index in [1.54, 1.807) is 6.26 Å². The van der Waals surface area contributed by atoms with Gasteiger partial charge in [0, 0.05) is 38.3 Å². The molecule has 0 aliphatic carbocycles. The molecular formula is C11H19N3O. The summed E-state index contributed by atoms with van der Waals surface area (Å²) in [5.41, 5.74) is 1.03. The van der Waals surface area contributed by atoms with E-state index in [9.17, 15) is 0 Å². The zero-order valence-corrected chi connectivity index (χ0v) is 9.28. The van der Waals surface area contributed by atoms with Gasteiger partial charge in [0.2, 0.25) is 0 Å². The number of piperazine rings is 1. The van der Waals surface area contributed by atoms with E-state index in [2.05, 4.69) is 22.3 Å². The van der Waals surface area contributed by atoms with Crippen LogP contribution >= 0.6 is 0 Å². The molecule has 1 fully saturated rings. The molecule has 1 saturated heterocycles. The van der Waals surface area contributed by atoms with Crippen molar-refractivity contribution in [2.45, 2.75) is 32.4 Å². The molecule has 15 heavy (non-hydrogen) atoms. The van der Waals surface area contributed by atoms with Crippen molar-refractivity contribution in [1.29, 1.82) is 0 Å². The van der Waals surface area contributed by atoms with E-state index in [0.29, 0.717) is 6.04 Å². The van der Waals surface area contributed by atoms with Gasteiger partial charge in [-0.1, -0.05) is 18.5 Å². The van der Waals surface area contributed by atoms with Gasteiger partial charge in [0.15, 0.2) is 0 Å². The van der Waals surface area contributed by atoms with Gasteiger partial charge in [-0.15, -0.1) is 0 Å². The molecule has 4 nitrogen and oxygen atoms in total. The molecule has 0 spiro atoms. The van der Waals surface area contributed by atoms with Crippen LogP contribution in [0, 0.1) is 0 Å². The van der Waals surface area contributed by atoms with E-state index in [1.165, 1.54) is 12.8 Å². The molecule has 0 bridgehead atoms. The first-order valence-electron chi connectivity index (χ1n) is 5.73. The lowest BCUT2D eigenvalue weighted by atomic mass is 10.1. The summed E-state index contributed by atoms with van der Waals surface area (Å²) in [7, 11) is 0. The number of rotatable bonds is 4. The van der Waals surface area contributed by atoms with E-state index < -0.39 is 0 Å². The number of nitrogens with zero attached hydrogens (tertiary/aromatic N) is 2. The highest BCUT2D eigenvalue weighted by molar-refractivity contribution is 4.95. The summed E-state index contributed by atoms with van der Waals surface area (Å²) in [5, 5.41) is 7.49. The van der Waals surface area contributed by atoms with Crippen molar-refractivity contribution in [2.24, 2.45) is 0 Å². The number of hydrogen-bond acceptors (Lipinski definition) is 4. The van der Waals surface area contributed by atoms with Crippen molar-refractivity contribution in [3.63, 3.8) is 0 Å². The van der Waals surface area contributed by atoms with Crippen LogP contribution < -0.4 is 5.32 Å². The molecule has 2 rings (SSSR count). The molecular weight excluding hydrogens is 190 g/mol. The summed E-state index contributed by atoms with van der Waals surface area (Å²) in [6.45, 7) is 6.47. The predicted molar refractivity (Wildman–Crippen MR) is 58.5 cm³/mol. The highest BCUT2D eigenvalue weighted by atomic mass is 16.5. The molecule has 1 aromatic rings. The molecule has 0 saturated carbocycles. The van der Waals surface area contributed by atoms with Crippen LogP contribution in [0.3, 0.4) is 0 Å². The third kappa shape index (κ3) is 3.04. The second-order valence-corrected chi connectivity index (χ2v) is 4.17. The SMILES string of the molecule is CCCC1CN(Cc2ccon2)CCN1. The van der Waals surface area contributed by atoms with Crippen LogP contribution in [0.25, 0.3) is 0 Å². The summed E-state index contributed by atoms with van der Waals surface area (Å²) in [4.78, 5) is 2.44. The molecule has 0 aromatic carbocycles. The third-order valence-electron chi connectivity index (χ3n) is 2.85. The summed E-state index contributed by atoms with van der Waals surface area (Å²) >= 11 is 0. The van der Waals surface area contributed by atoms with Crippen LogP contribution in [0.15, 0.2) is 16.9 Å². The summed E-state index contributed by atoms with van der Waals surface area (Å²) in [6.07, 6.45) is 4.14. The molecule has 1 aliphatic heterocycles. The molecule has 2 heterocycles. The van der Waals surface area contributed by atoms with Gasteiger partial charge in [0.25, 0.3) is 0 Å². The minimum Gasteiger partial charge on any atom is -0.364 e. The van der Waals surface area contributed by atoms with E-state index in [1.807, 2.05) is 6.07 Å². The Bertz CT molecular complexity index is 271. The van der Waals surface area contributed by atoms with Gasteiger partial charge in [-0.25, -0.2) is 0 Å². The maximum Gasteiger partial charge on any atom is 0.124 e. The van der Waals surface area contributed by atoms with Gasteiger partial charge < -0.3 is 9.84 Å². The Kier molecular flexibility index (Phi) is 3.75. The Morgan fingerprint density at radius 1 is 1.67 bits per heavy atom. The summed E-state index contributed by atoms with van der Waals surface area (Å²) in [6, 6.07) is 2.59. The quantitative estimate of drug-likeness (QED) is 0.810. The van der Waals surface area contributed by atoms with Crippen molar-refractivity contribution in [2.75, 3.05) is 19.6 Å². The lowest BCUT2D eigenvalue weighted by Crippen LogP contribution is -2.50. The van der Waals surface area contributed by atoms with Gasteiger partial charge in [-0.2, -0.15) is 0 Å². The molecule has 1 N–H and O–H groups in total. The average molecular weight is 209 g/mol. The van der Waals surface area contributed by atoms with Crippen LogP contribution in [0.5, 0.6) is 0 Å². The van der Waals surface area contributed by atoms with Gasteiger partial charge in [0.1, 0.15) is 6.26 Å². The maximum atomic E-state index is 4.84. The minimum atomic E-state index is 0.649. The fourth-order valence-corrected chi connectivity index (χ4v) is 2.13. The number of aromatic nitrogens is 1. The first-order valence-corrected chi connectivity index (χ1v) is 5.73. The van der Waals surface area contributed by atoms with E-state index in [-0.39, 0.29) is 0 Å². The Morgan fingerprint density at radius 2 is 2.60 bits per heavy atom. The zero-order chi connectivity index (χ0) is 10.5. The van der Waals surface area contributed by atoms with Crippen LogP contribution in [0.2, 0.25) is 0 Å². The summed E-state index contributed by atoms with van der Waals surface area (Å²) < 4.78 is 4.84. The van der Waals surface area contributed by atoms with Crippen molar-refractivity contribution in [3.8, 4) is 0 Å². The molecule has 1 aliphatic rings. The molecule has 1 atom stereocenters. The van der Waals surface area contributed by atoms with E-state index in [4.69, 9.17) is 4.52 Å². The lowest BCUT2D eigenvalue weighted by molar-refractivity contribution is 0.182. The van der Waals surface area contributed by atoms with Gasteiger partial charge in [-0.05, 0) is 6.42 Å². The van der Waals surface area contributed by atoms with Gasteiger partial charge >= 0.3 is 0 Å². The Balaban J connectivity index is 1.82. The van der Waals surface area contributed by atoms with Gasteiger partial charge in [0.05, 0.1) is 5.69 Å². The average Bonchev–Trinajstić information content (AvgIpc) is 2.71. The summed E-state index contributed by atoms with van der Waals surface area (Å²) in [5.74, 6) is 0. The third-order valence-corrected chi connectivity index (χ3v) is 2.85. The Labute approximate surface area is 90.6 Å². The molecule has 0 amide bonds. The first-order chi connectivity index (χ1) is 7.38. The smallest absolute Gasteiger partial charge is 0.124 e. The normalized spacial score (nSPS) is 23.1. The van der Waals surface area contributed by atoms with E-state index in [0.717, 1.165) is 31.9 Å². The van der Waals surface area contributed by atoms with Crippen molar-refractivity contribution in [1.82, 2.24) is 15.4 Å². The monoisotopic (exact) mass is 209 g/mol. The van der Waals surface area contributed by atoms with Gasteiger partial charge in [-0.3, -0.25) is 4.90 Å². The highest BCUT2D eigenvalue weighted by Gasteiger charge is 2.18. The minimum absolute atomic E-state index is 0.649. The van der Waals surface area contributed by atoms with Crippen molar-refractivity contribution < 1.29 is 4.52 Å². The van der Waals surface area contributed by atoms with Crippen LogP contribution in [-0.4, -0.2) is 35.7 Å². The Hall–Kier alpha value is -0.870. The van der Waals surface area contributed by atoms with Crippen molar-refractivity contribution >= 4 is 0 Å². The second kappa shape index (κ2) is 5.28. The zero-order valence-electron chi connectivity index (χ0n) is 9.28. The largest absolute Gasteiger partial charge is 0.364 e. The molecule has 84 valence electrons. The van der Waals surface area contributed by atoms with Crippen molar-refractivity contribution in [3.05, 3.63) is 18.0 Å². The van der Waals surface area contributed by atoms with E-state index >= 15 is 0 Å². The maximum absolute atomic E-state index is 4.84. The molecule has 0 radical (unpaired) electrons. The highest BCUT2D eigenvalue weighted by Crippen LogP contribution is 2.08. The predicted octanol–water partition coefficient (Wildman–Crippen LogP) is 1.25. The fraction of sp³-hybridized carbons (Fsp3) is 0.727. The van der Waals surface area contributed by atoms with Crippen LogP contribution in [0.1, 0.15) is 25.5 Å². The number of hydrogen-bond donors (Lipinski definition) is 1. The second-order valence-electron chi connectivity index (χ2n) is 4.17. The molecule has 4 heteroatoms.